The molecule has 2 amide bonds. The number of amides is 2. The zero-order chi connectivity index (χ0) is 20.1. The molecule has 1 N–H and O–H groups in total. The maximum absolute atomic E-state index is 12.5. The number of halogens is 1. The quantitative estimate of drug-likeness (QED) is 0.650. The van der Waals surface area contributed by atoms with Crippen LogP contribution in [0.15, 0.2) is 53.4 Å². The van der Waals surface area contributed by atoms with Crippen LogP contribution in [0, 0.1) is 0 Å². The SMILES string of the molecule is CN(C)C(=O)c1ccc(NC(=O)c2cccc(OCc3cscn3)c2)cc1Cl. The average Bonchev–Trinajstić information content (AvgIpc) is 3.20. The van der Waals surface area contributed by atoms with Gasteiger partial charge in [-0.05, 0) is 36.4 Å². The number of aromatic nitrogens is 1. The molecule has 1 aromatic heterocycles. The van der Waals surface area contributed by atoms with Gasteiger partial charge < -0.3 is 15.0 Å². The molecule has 144 valence electrons. The third-order valence-electron chi connectivity index (χ3n) is 3.83. The molecular weight excluding hydrogens is 398 g/mol. The summed E-state index contributed by atoms with van der Waals surface area (Å²) in [6, 6.07) is 11.7. The molecule has 0 unspecified atom stereocenters. The van der Waals surface area contributed by atoms with Crippen LogP contribution in [-0.2, 0) is 6.61 Å². The second-order valence-electron chi connectivity index (χ2n) is 6.14. The van der Waals surface area contributed by atoms with Gasteiger partial charge in [-0.15, -0.1) is 11.3 Å². The Bertz CT molecular complexity index is 990. The zero-order valence-corrected chi connectivity index (χ0v) is 16.9. The molecule has 0 bridgehead atoms. The third kappa shape index (κ3) is 4.88. The van der Waals surface area contributed by atoms with Gasteiger partial charge in [-0.1, -0.05) is 17.7 Å². The Kier molecular flexibility index (Phi) is 6.28. The van der Waals surface area contributed by atoms with E-state index in [0.29, 0.717) is 29.2 Å². The van der Waals surface area contributed by atoms with E-state index in [2.05, 4.69) is 10.3 Å². The molecule has 0 atom stereocenters. The number of thiazole rings is 1. The summed E-state index contributed by atoms with van der Waals surface area (Å²) in [5.74, 6) is 0.0697. The fourth-order valence-electron chi connectivity index (χ4n) is 2.40. The van der Waals surface area contributed by atoms with Gasteiger partial charge in [0, 0.05) is 30.7 Å². The Morgan fingerprint density at radius 3 is 2.71 bits per heavy atom. The lowest BCUT2D eigenvalue weighted by Crippen LogP contribution is -2.22. The Morgan fingerprint density at radius 2 is 2.04 bits per heavy atom. The normalized spacial score (nSPS) is 10.4. The van der Waals surface area contributed by atoms with E-state index in [9.17, 15) is 9.59 Å². The predicted molar refractivity (Wildman–Crippen MR) is 110 cm³/mol. The minimum atomic E-state index is -0.304. The first-order valence-corrected chi connectivity index (χ1v) is 9.68. The van der Waals surface area contributed by atoms with Crippen molar-refractivity contribution in [2.75, 3.05) is 19.4 Å². The number of anilines is 1. The van der Waals surface area contributed by atoms with Crippen LogP contribution in [-0.4, -0.2) is 35.8 Å². The lowest BCUT2D eigenvalue weighted by Gasteiger charge is -2.13. The highest BCUT2D eigenvalue weighted by Gasteiger charge is 2.14. The first-order valence-electron chi connectivity index (χ1n) is 8.36. The standard InChI is InChI=1S/C20H18ClN3O3S/c1-24(2)20(26)17-7-6-14(9-18(17)21)23-19(25)13-4-3-5-16(8-13)27-10-15-11-28-12-22-15/h3-9,11-12H,10H2,1-2H3,(H,23,25). The molecule has 28 heavy (non-hydrogen) atoms. The molecule has 6 nitrogen and oxygen atoms in total. The molecule has 0 fully saturated rings. The second-order valence-corrected chi connectivity index (χ2v) is 7.27. The van der Waals surface area contributed by atoms with Crippen molar-refractivity contribution in [2.45, 2.75) is 6.61 Å². The van der Waals surface area contributed by atoms with Crippen molar-refractivity contribution in [3.05, 3.63) is 75.2 Å². The summed E-state index contributed by atoms with van der Waals surface area (Å²) in [4.78, 5) is 30.2. The van der Waals surface area contributed by atoms with Crippen molar-refractivity contribution in [3.63, 3.8) is 0 Å². The predicted octanol–water partition coefficient (Wildman–Crippen LogP) is 4.33. The van der Waals surface area contributed by atoms with Crippen LogP contribution in [0.2, 0.25) is 5.02 Å². The van der Waals surface area contributed by atoms with Crippen molar-refractivity contribution in [1.82, 2.24) is 9.88 Å². The molecule has 0 aliphatic carbocycles. The highest BCUT2D eigenvalue weighted by molar-refractivity contribution is 7.07. The minimum Gasteiger partial charge on any atom is -0.487 e. The summed E-state index contributed by atoms with van der Waals surface area (Å²) >= 11 is 7.69. The number of rotatable bonds is 6. The Labute approximate surface area is 171 Å². The average molecular weight is 416 g/mol. The van der Waals surface area contributed by atoms with Gasteiger partial charge in [-0.25, -0.2) is 4.98 Å². The maximum atomic E-state index is 12.5. The van der Waals surface area contributed by atoms with Gasteiger partial charge in [0.25, 0.3) is 11.8 Å². The number of hydrogen-bond acceptors (Lipinski definition) is 5. The van der Waals surface area contributed by atoms with Gasteiger partial charge in [0.2, 0.25) is 0 Å². The molecule has 2 aromatic carbocycles. The summed E-state index contributed by atoms with van der Waals surface area (Å²) in [6.07, 6.45) is 0. The molecule has 0 radical (unpaired) electrons. The van der Waals surface area contributed by atoms with E-state index in [1.165, 1.54) is 16.2 Å². The Hall–Kier alpha value is -2.90. The molecule has 0 aliphatic heterocycles. The largest absolute Gasteiger partial charge is 0.487 e. The lowest BCUT2D eigenvalue weighted by atomic mass is 10.1. The first kappa shape index (κ1) is 19.9. The third-order valence-corrected chi connectivity index (χ3v) is 4.78. The van der Waals surface area contributed by atoms with E-state index in [4.69, 9.17) is 16.3 Å². The highest BCUT2D eigenvalue weighted by atomic mass is 35.5. The van der Waals surface area contributed by atoms with Crippen LogP contribution in [0.4, 0.5) is 5.69 Å². The molecule has 3 rings (SSSR count). The van der Waals surface area contributed by atoms with Crippen LogP contribution in [0.3, 0.4) is 0 Å². The van der Waals surface area contributed by atoms with Crippen molar-refractivity contribution in [2.24, 2.45) is 0 Å². The number of nitrogens with zero attached hydrogens (tertiary/aromatic N) is 2. The van der Waals surface area contributed by atoms with Gasteiger partial charge in [-0.2, -0.15) is 0 Å². The number of carbonyl (C=O) groups is 2. The molecule has 0 saturated carbocycles. The fraction of sp³-hybridized carbons (Fsp3) is 0.150. The molecule has 0 saturated heterocycles. The molecule has 3 aromatic rings. The minimum absolute atomic E-state index is 0.201. The monoisotopic (exact) mass is 415 g/mol. The molecule has 0 aliphatic rings. The first-order chi connectivity index (χ1) is 13.4. The van der Waals surface area contributed by atoms with E-state index in [1.807, 2.05) is 5.38 Å². The Balaban J connectivity index is 1.68. The molecule has 8 heteroatoms. The number of nitrogens with one attached hydrogen (secondary N) is 1. The molecule has 1 heterocycles. The van der Waals surface area contributed by atoms with Crippen LogP contribution < -0.4 is 10.1 Å². The number of hydrogen-bond donors (Lipinski definition) is 1. The van der Waals surface area contributed by atoms with Gasteiger partial charge in [-0.3, -0.25) is 9.59 Å². The smallest absolute Gasteiger partial charge is 0.255 e. The van der Waals surface area contributed by atoms with Crippen LogP contribution >= 0.6 is 22.9 Å². The summed E-state index contributed by atoms with van der Waals surface area (Å²) in [5, 5.41) is 4.96. The lowest BCUT2D eigenvalue weighted by molar-refractivity contribution is 0.0827. The van der Waals surface area contributed by atoms with Crippen LogP contribution in [0.25, 0.3) is 0 Å². The van der Waals surface area contributed by atoms with Crippen molar-refractivity contribution in [1.29, 1.82) is 0 Å². The zero-order valence-electron chi connectivity index (χ0n) is 15.3. The summed E-state index contributed by atoms with van der Waals surface area (Å²) in [5.41, 5.74) is 3.90. The summed E-state index contributed by atoms with van der Waals surface area (Å²) in [7, 11) is 3.30. The summed E-state index contributed by atoms with van der Waals surface area (Å²) < 4.78 is 5.68. The number of carbonyl (C=O) groups excluding carboxylic acids is 2. The summed E-state index contributed by atoms with van der Waals surface area (Å²) in [6.45, 7) is 0.339. The van der Waals surface area contributed by atoms with Crippen molar-refractivity contribution in [3.8, 4) is 5.75 Å². The van der Waals surface area contributed by atoms with Gasteiger partial charge in [0.1, 0.15) is 12.4 Å². The van der Waals surface area contributed by atoms with Crippen LogP contribution in [0.5, 0.6) is 5.75 Å². The Morgan fingerprint density at radius 1 is 1.21 bits per heavy atom. The van der Waals surface area contributed by atoms with Gasteiger partial charge in [0.05, 0.1) is 21.8 Å². The van der Waals surface area contributed by atoms with Gasteiger partial charge >= 0.3 is 0 Å². The number of ether oxygens (including phenoxy) is 1. The maximum Gasteiger partial charge on any atom is 0.255 e. The number of benzene rings is 2. The van der Waals surface area contributed by atoms with E-state index in [-0.39, 0.29) is 16.8 Å². The van der Waals surface area contributed by atoms with Crippen molar-refractivity contribution >= 4 is 40.4 Å². The molecule has 0 spiro atoms. The highest BCUT2D eigenvalue weighted by Crippen LogP contribution is 2.23. The molecular formula is C20H18ClN3O3S. The van der Waals surface area contributed by atoms with E-state index < -0.39 is 0 Å². The topological polar surface area (TPSA) is 71.5 Å². The van der Waals surface area contributed by atoms with Gasteiger partial charge in [0.15, 0.2) is 0 Å². The van der Waals surface area contributed by atoms with E-state index in [0.717, 1.165) is 5.69 Å². The second kappa shape index (κ2) is 8.86. The van der Waals surface area contributed by atoms with Crippen LogP contribution in [0.1, 0.15) is 26.4 Å². The van der Waals surface area contributed by atoms with E-state index >= 15 is 0 Å². The van der Waals surface area contributed by atoms with Crippen molar-refractivity contribution < 1.29 is 14.3 Å². The van der Waals surface area contributed by atoms with E-state index in [1.54, 1.807) is 62.1 Å². The fourth-order valence-corrected chi connectivity index (χ4v) is 3.21.